The minimum atomic E-state index is -0.286. The largest absolute Gasteiger partial charge is 0.469 e. The molecule has 0 aromatic heterocycles. The van der Waals surface area contributed by atoms with Crippen molar-refractivity contribution in [3.05, 3.63) is 0 Å². The zero-order valence-corrected chi connectivity index (χ0v) is 30.5. The summed E-state index contributed by atoms with van der Waals surface area (Å²) in [6.45, 7) is 15.6. The van der Waals surface area contributed by atoms with E-state index in [1.165, 1.54) is 26.4 Å². The molecule has 0 atom stereocenters. The van der Waals surface area contributed by atoms with Gasteiger partial charge in [-0.2, -0.15) is 0 Å². The molecule has 0 aliphatic rings. The van der Waals surface area contributed by atoms with Crippen molar-refractivity contribution in [3.63, 3.8) is 0 Å². The molecule has 0 radical (unpaired) electrons. The average Bonchev–Trinajstić information content (AvgIpc) is 3.11. The predicted octanol–water partition coefficient (Wildman–Crippen LogP) is 2.35. The summed E-state index contributed by atoms with van der Waals surface area (Å²) in [7, 11) is 1.35. The molecule has 0 saturated carbocycles. The molecular weight excluding hydrogens is 648 g/mol. The van der Waals surface area contributed by atoms with Gasteiger partial charge in [0.25, 0.3) is 0 Å². The monoisotopic (exact) mass is 716 g/mol. The molecule has 0 saturated heterocycles. The summed E-state index contributed by atoms with van der Waals surface area (Å²) < 4.78 is 75.4. The average molecular weight is 717 g/mol. The molecule has 0 aliphatic heterocycles. The van der Waals surface area contributed by atoms with E-state index < -0.39 is 0 Å². The van der Waals surface area contributed by atoms with Crippen LogP contribution in [0, 0.1) is 0 Å². The Bertz CT molecular complexity index is 618. The van der Waals surface area contributed by atoms with E-state index in [2.05, 4.69) is 11.7 Å². The van der Waals surface area contributed by atoms with E-state index in [0.29, 0.717) is 165 Å². The fourth-order valence-electron chi connectivity index (χ4n) is 3.63. The molecule has 0 unspecified atom stereocenters. The van der Waals surface area contributed by atoms with Gasteiger partial charge in [0.1, 0.15) is 0 Å². The van der Waals surface area contributed by atoms with Crippen molar-refractivity contribution in [2.45, 2.75) is 39.0 Å². The lowest BCUT2D eigenvalue weighted by atomic mass is 10.2. The molecule has 49 heavy (non-hydrogen) atoms. The standard InChI is InChI=1S/C34H68O15/c1-3-4-5-6-8-37-10-12-39-14-16-41-18-20-43-22-24-45-26-28-47-30-32-49-33-31-48-29-27-46-25-23-44-21-19-42-17-15-40-13-11-38-9-7-34(35)36-2/h3-33H2,1-2H3. The van der Waals surface area contributed by atoms with E-state index >= 15 is 0 Å². The number of methoxy groups -OCH3 is 1. The fourth-order valence-corrected chi connectivity index (χ4v) is 3.63. The van der Waals surface area contributed by atoms with Gasteiger partial charge in [-0.05, 0) is 6.42 Å². The van der Waals surface area contributed by atoms with Crippen LogP contribution in [0.4, 0.5) is 0 Å². The number of ether oxygens (including phenoxy) is 14. The van der Waals surface area contributed by atoms with E-state index in [1.807, 2.05) is 0 Å². The Balaban J connectivity index is 3.05. The van der Waals surface area contributed by atoms with Gasteiger partial charge in [-0.1, -0.05) is 26.2 Å². The highest BCUT2D eigenvalue weighted by atomic mass is 16.6. The number of unbranched alkanes of at least 4 members (excludes halogenated alkanes) is 3. The third kappa shape index (κ3) is 44.9. The van der Waals surface area contributed by atoms with Crippen molar-refractivity contribution in [3.8, 4) is 0 Å². The van der Waals surface area contributed by atoms with Crippen LogP contribution in [-0.2, 0) is 71.1 Å². The van der Waals surface area contributed by atoms with E-state index in [4.69, 9.17) is 61.6 Å². The van der Waals surface area contributed by atoms with Crippen LogP contribution >= 0.6 is 0 Å². The topological polar surface area (TPSA) is 146 Å². The minimum Gasteiger partial charge on any atom is -0.469 e. The first-order valence-electron chi connectivity index (χ1n) is 17.9. The Kier molecular flexibility index (Phi) is 44.0. The van der Waals surface area contributed by atoms with E-state index in [-0.39, 0.29) is 12.4 Å². The number of hydrogen-bond donors (Lipinski definition) is 0. The Morgan fingerprint density at radius 3 is 0.755 bits per heavy atom. The number of rotatable bonds is 44. The Labute approximate surface area is 295 Å². The van der Waals surface area contributed by atoms with Crippen LogP contribution in [0.3, 0.4) is 0 Å². The van der Waals surface area contributed by atoms with Gasteiger partial charge in [0.05, 0.1) is 179 Å². The molecule has 0 N–H and O–H groups in total. The fraction of sp³-hybridized carbons (Fsp3) is 0.971. The summed E-state index contributed by atoms with van der Waals surface area (Å²) in [4.78, 5) is 10.9. The van der Waals surface area contributed by atoms with Crippen LogP contribution < -0.4 is 0 Å². The summed E-state index contributed by atoms with van der Waals surface area (Å²) in [5, 5.41) is 0. The number of esters is 1. The molecule has 0 fully saturated rings. The summed E-state index contributed by atoms with van der Waals surface area (Å²) in [5.74, 6) is -0.286. The van der Waals surface area contributed by atoms with E-state index in [1.54, 1.807) is 0 Å². The summed E-state index contributed by atoms with van der Waals surface area (Å²) in [6, 6.07) is 0. The summed E-state index contributed by atoms with van der Waals surface area (Å²) >= 11 is 0. The van der Waals surface area contributed by atoms with Crippen molar-refractivity contribution in [2.24, 2.45) is 0 Å². The second-order valence-corrected chi connectivity index (χ2v) is 10.3. The molecular formula is C34H68O15. The van der Waals surface area contributed by atoms with Crippen LogP contribution in [0.2, 0.25) is 0 Å². The first-order valence-corrected chi connectivity index (χ1v) is 17.9. The molecule has 0 bridgehead atoms. The molecule has 0 spiro atoms. The lowest BCUT2D eigenvalue weighted by Gasteiger charge is -2.09. The third-order valence-electron chi connectivity index (χ3n) is 6.28. The molecule has 15 nitrogen and oxygen atoms in total. The maximum Gasteiger partial charge on any atom is 0.307 e. The van der Waals surface area contributed by atoms with Crippen molar-refractivity contribution < 1.29 is 71.1 Å². The maximum atomic E-state index is 10.9. The van der Waals surface area contributed by atoms with Crippen LogP contribution in [0.25, 0.3) is 0 Å². The van der Waals surface area contributed by atoms with Crippen molar-refractivity contribution in [1.29, 1.82) is 0 Å². The number of hydrogen-bond acceptors (Lipinski definition) is 15. The number of carbonyl (C=O) groups excluding carboxylic acids is 1. The molecule has 0 aliphatic carbocycles. The van der Waals surface area contributed by atoms with Gasteiger partial charge in [0.15, 0.2) is 0 Å². The normalized spacial score (nSPS) is 11.5. The molecule has 0 aromatic carbocycles. The van der Waals surface area contributed by atoms with Crippen LogP contribution in [0.1, 0.15) is 39.0 Å². The summed E-state index contributed by atoms with van der Waals surface area (Å²) in [5.41, 5.74) is 0. The van der Waals surface area contributed by atoms with E-state index in [9.17, 15) is 4.79 Å². The molecule has 0 amide bonds. The van der Waals surface area contributed by atoms with Crippen LogP contribution in [0.15, 0.2) is 0 Å². The van der Waals surface area contributed by atoms with Crippen LogP contribution in [0.5, 0.6) is 0 Å². The molecule has 15 heteroatoms. The smallest absolute Gasteiger partial charge is 0.307 e. The van der Waals surface area contributed by atoms with Crippen LogP contribution in [-0.4, -0.2) is 185 Å². The van der Waals surface area contributed by atoms with Crippen molar-refractivity contribution >= 4 is 5.97 Å². The summed E-state index contributed by atoms with van der Waals surface area (Å²) in [6.07, 6.45) is 5.13. The molecule has 0 heterocycles. The lowest BCUT2D eigenvalue weighted by Crippen LogP contribution is -2.15. The van der Waals surface area contributed by atoms with Gasteiger partial charge >= 0.3 is 5.97 Å². The van der Waals surface area contributed by atoms with Gasteiger partial charge in [0.2, 0.25) is 0 Å². The van der Waals surface area contributed by atoms with Gasteiger partial charge in [-0.15, -0.1) is 0 Å². The Hall–Kier alpha value is -1.05. The van der Waals surface area contributed by atoms with Gasteiger partial charge in [-0.3, -0.25) is 4.79 Å². The quantitative estimate of drug-likeness (QED) is 0.0671. The van der Waals surface area contributed by atoms with Crippen molar-refractivity contribution in [2.75, 3.05) is 179 Å². The Morgan fingerprint density at radius 2 is 0.531 bits per heavy atom. The Morgan fingerprint density at radius 1 is 0.306 bits per heavy atom. The minimum absolute atomic E-state index is 0.244. The maximum absolute atomic E-state index is 10.9. The predicted molar refractivity (Wildman–Crippen MR) is 181 cm³/mol. The second kappa shape index (κ2) is 45.0. The third-order valence-corrected chi connectivity index (χ3v) is 6.28. The SMILES string of the molecule is CCCCCCOCCOCCOCCOCCOCCOCCOCCOCCOCCOCCOCCOCCOCCC(=O)OC. The first-order chi connectivity index (χ1) is 24.3. The van der Waals surface area contributed by atoms with Gasteiger partial charge in [0, 0.05) is 6.61 Å². The highest BCUT2D eigenvalue weighted by molar-refractivity contribution is 5.69. The zero-order chi connectivity index (χ0) is 35.4. The second-order valence-electron chi connectivity index (χ2n) is 10.3. The molecule has 0 aromatic rings. The first kappa shape index (κ1) is 48.0. The molecule has 0 rings (SSSR count). The molecule has 294 valence electrons. The van der Waals surface area contributed by atoms with Gasteiger partial charge < -0.3 is 66.3 Å². The highest BCUT2D eigenvalue weighted by Gasteiger charge is 2.00. The zero-order valence-electron chi connectivity index (χ0n) is 30.5. The van der Waals surface area contributed by atoms with Crippen molar-refractivity contribution in [1.82, 2.24) is 0 Å². The lowest BCUT2D eigenvalue weighted by molar-refractivity contribution is -0.141. The number of carbonyl (C=O) groups is 1. The highest BCUT2D eigenvalue weighted by Crippen LogP contribution is 1.98. The van der Waals surface area contributed by atoms with E-state index in [0.717, 1.165) is 13.0 Å². The van der Waals surface area contributed by atoms with Gasteiger partial charge in [-0.25, -0.2) is 0 Å².